The van der Waals surface area contributed by atoms with Crippen LogP contribution in [-0.4, -0.2) is 41.3 Å². The molecule has 4 aromatic carbocycles. The molecule has 8 bridgehead atoms. The summed E-state index contributed by atoms with van der Waals surface area (Å²) in [5, 5.41) is 0. The number of nitrogens with zero attached hydrogens (tertiary/aromatic N) is 2. The molecule has 5 heterocycles. The molecule has 2 N–H and O–H groups in total. The van der Waals surface area contributed by atoms with E-state index in [1.807, 2.05) is 72.8 Å². The fourth-order valence-corrected chi connectivity index (χ4v) is 7.37. The Morgan fingerprint density at radius 2 is 0.727 bits per heavy atom. The first kappa shape index (κ1) is 33.6. The lowest BCUT2D eigenvalue weighted by atomic mass is 10.0. The summed E-state index contributed by atoms with van der Waals surface area (Å²) in [6.07, 6.45) is 8.15. The Hall–Kier alpha value is -7.19. The predicted octanol–water partition coefficient (Wildman–Crippen LogP) is 11.5. The van der Waals surface area contributed by atoms with Gasteiger partial charge in [0.15, 0.2) is 0 Å². The van der Waals surface area contributed by atoms with E-state index in [2.05, 4.69) is 58.5 Å². The highest BCUT2D eigenvalue weighted by Gasteiger charge is 2.19. The van der Waals surface area contributed by atoms with Crippen LogP contribution in [-0.2, 0) is 0 Å². The number of H-pyrrole nitrogens is 2. The van der Waals surface area contributed by atoms with E-state index in [4.69, 9.17) is 24.2 Å². The van der Waals surface area contributed by atoms with Gasteiger partial charge in [-0.15, -0.1) is 0 Å². The average Bonchev–Trinajstić information content (AvgIpc) is 4.07. The van der Waals surface area contributed by atoms with Gasteiger partial charge >= 0.3 is 0 Å². The van der Waals surface area contributed by atoms with Gasteiger partial charge in [0.1, 0.15) is 23.1 Å². The second kappa shape index (κ2) is 14.0. The summed E-state index contributed by atoms with van der Waals surface area (Å²) >= 11 is 0. The van der Waals surface area contributed by atoms with E-state index in [-0.39, 0.29) is 5.82 Å². The summed E-state index contributed by atoms with van der Waals surface area (Å²) in [5.74, 6) is 1.89. The van der Waals surface area contributed by atoms with Crippen LogP contribution in [0.2, 0.25) is 0 Å². The van der Waals surface area contributed by atoms with Crippen LogP contribution >= 0.6 is 0 Å². The Labute approximate surface area is 317 Å². The van der Waals surface area contributed by atoms with Gasteiger partial charge in [-0.25, -0.2) is 14.4 Å². The van der Waals surface area contributed by atoms with E-state index >= 15 is 0 Å². The van der Waals surface area contributed by atoms with E-state index in [0.29, 0.717) is 0 Å². The lowest BCUT2D eigenvalue weighted by molar-refractivity contribution is 0.415. The number of rotatable bonds is 7. The molecule has 0 aliphatic carbocycles. The zero-order valence-electron chi connectivity index (χ0n) is 30.4. The van der Waals surface area contributed by atoms with Gasteiger partial charge in [0.25, 0.3) is 0 Å². The Kier molecular flexibility index (Phi) is 8.55. The van der Waals surface area contributed by atoms with Gasteiger partial charge in [-0.05, 0) is 119 Å². The summed E-state index contributed by atoms with van der Waals surface area (Å²) < 4.78 is 31.3. The fraction of sp³-hybridized carbons (Fsp3) is 0.0638. The topological polar surface area (TPSA) is 85.1 Å². The number of aromatic nitrogens is 4. The van der Waals surface area contributed by atoms with Crippen molar-refractivity contribution in [3.05, 3.63) is 150 Å². The maximum atomic E-state index is 14.3. The van der Waals surface area contributed by atoms with Crippen molar-refractivity contribution in [2.24, 2.45) is 0 Å². The number of benzene rings is 4. The Morgan fingerprint density at radius 3 is 1.05 bits per heavy atom. The predicted molar refractivity (Wildman–Crippen MR) is 220 cm³/mol. The molecule has 2 aliphatic rings. The number of halogens is 1. The first-order valence-electron chi connectivity index (χ1n) is 17.8. The molecule has 7 aromatic rings. The van der Waals surface area contributed by atoms with E-state index in [1.54, 1.807) is 33.5 Å². The molecule has 0 atom stereocenters. The summed E-state index contributed by atoms with van der Waals surface area (Å²) in [6, 6.07) is 38.7. The van der Waals surface area contributed by atoms with Crippen molar-refractivity contribution in [1.29, 1.82) is 0 Å². The largest absolute Gasteiger partial charge is 0.497 e. The average molecular weight is 722 g/mol. The van der Waals surface area contributed by atoms with Crippen molar-refractivity contribution in [3.8, 4) is 61.8 Å². The minimum absolute atomic E-state index is 0.311. The van der Waals surface area contributed by atoms with Gasteiger partial charge in [-0.2, -0.15) is 0 Å². The third-order valence-corrected chi connectivity index (χ3v) is 9.96. The smallest absolute Gasteiger partial charge is 0.123 e. The van der Waals surface area contributed by atoms with Crippen LogP contribution in [0.4, 0.5) is 4.39 Å². The first-order chi connectivity index (χ1) is 27.0. The molecule has 0 spiro atoms. The summed E-state index contributed by atoms with van der Waals surface area (Å²) in [7, 11) is 5.00. The normalized spacial score (nSPS) is 11.9. The zero-order chi connectivity index (χ0) is 37.5. The van der Waals surface area contributed by atoms with E-state index in [1.165, 1.54) is 12.1 Å². The lowest BCUT2D eigenvalue weighted by Gasteiger charge is -2.08. The standard InChI is InChI=1S/C47H35FN4O3/c1-53-33-10-4-7-29(25-33)45-38-19-17-36(49-38)44(28-13-15-32(48)16-14-28)37-18-20-39(50-37)46(30-8-5-11-34(26-30)54-2)41-22-24-43(52-41)47(42-23-21-40(45)51-42)31-9-6-12-35(27-31)55-3/h4-27,49,52H,1-3H3/i48-1. The second-order valence-corrected chi connectivity index (χ2v) is 13.2. The van der Waals surface area contributed by atoms with Crippen molar-refractivity contribution in [2.75, 3.05) is 21.3 Å². The minimum atomic E-state index is -0.311. The van der Waals surface area contributed by atoms with Gasteiger partial charge in [0.05, 0.1) is 44.1 Å². The molecule has 8 heteroatoms. The third kappa shape index (κ3) is 6.23. The van der Waals surface area contributed by atoms with Crippen molar-refractivity contribution >= 4 is 46.4 Å². The van der Waals surface area contributed by atoms with Crippen LogP contribution in [0.15, 0.2) is 121 Å². The molecule has 0 amide bonds. The molecule has 55 heavy (non-hydrogen) atoms. The summed E-state index contributed by atoms with van der Waals surface area (Å²) in [5.41, 5.74) is 13.6. The molecule has 0 unspecified atom stereocenters. The molecule has 0 saturated carbocycles. The number of aromatic amines is 2. The number of nitrogens with one attached hydrogen (secondary N) is 2. The quantitative estimate of drug-likeness (QED) is 0.171. The van der Waals surface area contributed by atoms with E-state index in [0.717, 1.165) is 107 Å². The maximum Gasteiger partial charge on any atom is 0.123 e. The Bertz CT molecular complexity index is 2800. The molecule has 0 fully saturated rings. The van der Waals surface area contributed by atoms with E-state index in [9.17, 15) is 4.39 Å². The minimum Gasteiger partial charge on any atom is -0.497 e. The molecule has 9 rings (SSSR count). The lowest BCUT2D eigenvalue weighted by Crippen LogP contribution is -1.91. The van der Waals surface area contributed by atoms with Gasteiger partial charge in [-0.1, -0.05) is 48.5 Å². The van der Waals surface area contributed by atoms with E-state index < -0.39 is 0 Å². The molecular weight excluding hydrogens is 687 g/mol. The number of hydrogen-bond donors (Lipinski definition) is 2. The van der Waals surface area contributed by atoms with Crippen LogP contribution in [0.5, 0.6) is 17.2 Å². The molecule has 0 saturated heterocycles. The molecule has 3 aromatic heterocycles. The van der Waals surface area contributed by atoms with Crippen molar-refractivity contribution in [1.82, 2.24) is 19.9 Å². The molecule has 268 valence electrons. The fourth-order valence-electron chi connectivity index (χ4n) is 7.37. The molecule has 7 nitrogen and oxygen atoms in total. The first-order valence-corrected chi connectivity index (χ1v) is 17.8. The molecule has 0 radical (unpaired) electrons. The number of methoxy groups -OCH3 is 3. The monoisotopic (exact) mass is 721 g/mol. The van der Waals surface area contributed by atoms with Crippen LogP contribution in [0, 0.1) is 5.82 Å². The van der Waals surface area contributed by atoms with Gasteiger partial charge in [0.2, 0.25) is 0 Å². The van der Waals surface area contributed by atoms with Gasteiger partial charge in [-0.3, -0.25) is 0 Å². The van der Waals surface area contributed by atoms with Crippen LogP contribution < -0.4 is 14.2 Å². The second-order valence-electron chi connectivity index (χ2n) is 13.2. The maximum absolute atomic E-state index is 14.3. The Balaban J connectivity index is 1.47. The highest BCUT2D eigenvalue weighted by molar-refractivity contribution is 6.00. The molecular formula is C47H35FN4O3. The van der Waals surface area contributed by atoms with Crippen molar-refractivity contribution < 1.29 is 18.6 Å². The van der Waals surface area contributed by atoms with Gasteiger partial charge in [0, 0.05) is 44.3 Å². The van der Waals surface area contributed by atoms with Crippen LogP contribution in [0.1, 0.15) is 22.8 Å². The SMILES string of the molecule is COc1cccc(-c2c3nc(c(-c4cccc(OC)c4)c4ccc([nH]4)c(-c4cccc(OC)c4)c4nc(c(-c5ccc([18F])cc5)c5ccc2[nH]5)C=C4)C=C3)c1. The summed E-state index contributed by atoms with van der Waals surface area (Å²) in [6.45, 7) is 0. The number of hydrogen-bond acceptors (Lipinski definition) is 5. The number of ether oxygens (including phenoxy) is 3. The zero-order valence-corrected chi connectivity index (χ0v) is 30.4. The highest BCUT2D eigenvalue weighted by Crippen LogP contribution is 2.39. The van der Waals surface area contributed by atoms with Crippen molar-refractivity contribution in [3.63, 3.8) is 0 Å². The Morgan fingerprint density at radius 1 is 0.400 bits per heavy atom. The third-order valence-electron chi connectivity index (χ3n) is 9.96. The van der Waals surface area contributed by atoms with Crippen molar-refractivity contribution in [2.45, 2.75) is 0 Å². The molecule has 2 aliphatic heterocycles. The van der Waals surface area contributed by atoms with Gasteiger partial charge < -0.3 is 24.2 Å². The highest BCUT2D eigenvalue weighted by atomic mass is 18.2. The van der Waals surface area contributed by atoms with Crippen LogP contribution in [0.3, 0.4) is 0 Å². The van der Waals surface area contributed by atoms with Crippen LogP contribution in [0.25, 0.3) is 90.9 Å². The summed E-state index contributed by atoms with van der Waals surface area (Å²) in [4.78, 5) is 18.1. The number of fused-ring (bicyclic) bond motifs is 8.